The molecule has 4 heteroatoms. The Kier molecular flexibility index (Phi) is 5.31. The van der Waals surface area contributed by atoms with E-state index in [4.69, 9.17) is 4.74 Å². The van der Waals surface area contributed by atoms with Crippen LogP contribution in [0.5, 0.6) is 5.75 Å². The molecule has 2 aromatic carbocycles. The van der Waals surface area contributed by atoms with Gasteiger partial charge in [0, 0.05) is 0 Å². The molecule has 0 heterocycles. The van der Waals surface area contributed by atoms with Crippen molar-refractivity contribution in [2.45, 2.75) is 20.8 Å². The third-order valence-corrected chi connectivity index (χ3v) is 3.27. The highest BCUT2D eigenvalue weighted by Gasteiger charge is 2.04. The van der Waals surface area contributed by atoms with Crippen LogP contribution in [0.15, 0.2) is 47.6 Å². The number of hydrogen-bond donors (Lipinski definition) is 1. The number of benzene rings is 2. The number of hydrogen-bond acceptors (Lipinski definition) is 3. The summed E-state index contributed by atoms with van der Waals surface area (Å²) < 4.78 is 5.49. The fraction of sp³-hybridized carbons (Fsp3) is 0.222. The molecule has 0 unspecified atom stereocenters. The Bertz CT molecular complexity index is 693. The van der Waals surface area contributed by atoms with Crippen LogP contribution in [0.1, 0.15) is 22.3 Å². The second-order valence-corrected chi connectivity index (χ2v) is 5.21. The fourth-order valence-electron chi connectivity index (χ4n) is 2.04. The molecule has 0 radical (unpaired) electrons. The summed E-state index contributed by atoms with van der Waals surface area (Å²) in [6.45, 7) is 5.90. The summed E-state index contributed by atoms with van der Waals surface area (Å²) in [6.07, 6.45) is 1.63. The summed E-state index contributed by atoms with van der Waals surface area (Å²) in [7, 11) is 0. The number of rotatable bonds is 5. The summed E-state index contributed by atoms with van der Waals surface area (Å²) in [5.74, 6) is 0.424. The van der Waals surface area contributed by atoms with Crippen LogP contribution in [-0.4, -0.2) is 18.7 Å². The van der Waals surface area contributed by atoms with E-state index in [0.29, 0.717) is 5.75 Å². The van der Waals surface area contributed by atoms with E-state index < -0.39 is 0 Å². The molecule has 22 heavy (non-hydrogen) atoms. The number of carbonyl (C=O) groups is 1. The minimum absolute atomic E-state index is 0.0605. The summed E-state index contributed by atoms with van der Waals surface area (Å²) in [4.78, 5) is 11.7. The lowest BCUT2D eigenvalue weighted by Crippen LogP contribution is -2.24. The number of amides is 1. The van der Waals surface area contributed by atoms with Crippen molar-refractivity contribution in [2.75, 3.05) is 6.61 Å². The van der Waals surface area contributed by atoms with Gasteiger partial charge in [0.1, 0.15) is 5.75 Å². The first-order chi connectivity index (χ1) is 10.6. The third-order valence-electron chi connectivity index (χ3n) is 3.27. The third kappa shape index (κ3) is 4.45. The molecule has 1 amide bonds. The van der Waals surface area contributed by atoms with E-state index in [1.165, 1.54) is 0 Å². The van der Waals surface area contributed by atoms with Gasteiger partial charge in [0.15, 0.2) is 6.61 Å². The zero-order valence-electron chi connectivity index (χ0n) is 13.1. The van der Waals surface area contributed by atoms with Gasteiger partial charge in [-0.1, -0.05) is 42.0 Å². The molecule has 0 bridgehead atoms. The molecule has 4 nitrogen and oxygen atoms in total. The van der Waals surface area contributed by atoms with E-state index >= 15 is 0 Å². The Morgan fingerprint density at radius 2 is 1.91 bits per heavy atom. The van der Waals surface area contributed by atoms with E-state index in [0.717, 1.165) is 22.3 Å². The highest BCUT2D eigenvalue weighted by atomic mass is 16.5. The number of nitrogens with one attached hydrogen (secondary N) is 1. The molecule has 0 aliphatic rings. The van der Waals surface area contributed by atoms with Gasteiger partial charge in [-0.2, -0.15) is 5.10 Å². The molecule has 0 spiro atoms. The Morgan fingerprint density at radius 1 is 1.14 bits per heavy atom. The Labute approximate surface area is 130 Å². The highest BCUT2D eigenvalue weighted by molar-refractivity contribution is 5.84. The van der Waals surface area contributed by atoms with Crippen molar-refractivity contribution < 1.29 is 9.53 Å². The number of hydrazone groups is 1. The fourth-order valence-corrected chi connectivity index (χ4v) is 2.04. The predicted molar refractivity (Wildman–Crippen MR) is 88.3 cm³/mol. The van der Waals surface area contributed by atoms with Gasteiger partial charge >= 0.3 is 0 Å². The molecule has 0 aromatic heterocycles. The minimum Gasteiger partial charge on any atom is -0.483 e. The van der Waals surface area contributed by atoms with Crippen LogP contribution >= 0.6 is 0 Å². The molecule has 0 saturated heterocycles. The van der Waals surface area contributed by atoms with Gasteiger partial charge in [0.25, 0.3) is 5.91 Å². The first-order valence-electron chi connectivity index (χ1n) is 7.14. The quantitative estimate of drug-likeness (QED) is 0.680. The summed E-state index contributed by atoms with van der Waals surface area (Å²) in [6, 6.07) is 13.7. The second kappa shape index (κ2) is 7.41. The average molecular weight is 296 g/mol. The maximum absolute atomic E-state index is 11.7. The molecular formula is C18H20N2O2. The molecule has 2 rings (SSSR count). The first kappa shape index (κ1) is 15.8. The standard InChI is InChI=1S/C18H20N2O2/c1-13-8-9-17(15(3)10-13)22-12-18(21)20-19-11-16-7-5-4-6-14(16)2/h4-11H,12H2,1-3H3,(H,20,21)/b19-11+. The number of carbonyl (C=O) groups excluding carboxylic acids is 1. The Morgan fingerprint density at radius 3 is 2.64 bits per heavy atom. The maximum Gasteiger partial charge on any atom is 0.277 e. The monoisotopic (exact) mass is 296 g/mol. The lowest BCUT2D eigenvalue weighted by molar-refractivity contribution is -0.123. The molecule has 0 atom stereocenters. The summed E-state index contributed by atoms with van der Waals surface area (Å²) in [5.41, 5.74) is 6.71. The Balaban J connectivity index is 1.84. The van der Waals surface area contributed by atoms with E-state index in [1.807, 2.05) is 63.2 Å². The van der Waals surface area contributed by atoms with Crippen LogP contribution in [0.4, 0.5) is 0 Å². The van der Waals surface area contributed by atoms with Crippen LogP contribution in [-0.2, 0) is 4.79 Å². The number of aryl methyl sites for hydroxylation is 3. The molecule has 1 N–H and O–H groups in total. The first-order valence-corrected chi connectivity index (χ1v) is 7.14. The SMILES string of the molecule is Cc1ccc(OCC(=O)N/N=C/c2ccccc2C)c(C)c1. The summed E-state index contributed by atoms with van der Waals surface area (Å²) in [5, 5.41) is 3.95. The Hall–Kier alpha value is -2.62. The van der Waals surface area contributed by atoms with Crippen molar-refractivity contribution in [1.82, 2.24) is 5.43 Å². The molecule has 0 fully saturated rings. The number of nitrogens with zero attached hydrogens (tertiary/aromatic N) is 1. The van der Waals surface area contributed by atoms with Crippen molar-refractivity contribution in [3.8, 4) is 5.75 Å². The van der Waals surface area contributed by atoms with Crippen LogP contribution in [0.3, 0.4) is 0 Å². The predicted octanol–water partition coefficient (Wildman–Crippen LogP) is 3.14. The van der Waals surface area contributed by atoms with Crippen molar-refractivity contribution in [3.63, 3.8) is 0 Å². The van der Waals surface area contributed by atoms with Gasteiger partial charge in [-0.05, 0) is 43.5 Å². The molecule has 0 aliphatic heterocycles. The van der Waals surface area contributed by atoms with Crippen LogP contribution in [0.25, 0.3) is 0 Å². The van der Waals surface area contributed by atoms with Gasteiger partial charge in [-0.25, -0.2) is 5.43 Å². The topological polar surface area (TPSA) is 50.7 Å². The van der Waals surface area contributed by atoms with E-state index in [1.54, 1.807) is 6.21 Å². The average Bonchev–Trinajstić information content (AvgIpc) is 2.48. The van der Waals surface area contributed by atoms with Crippen molar-refractivity contribution in [2.24, 2.45) is 5.10 Å². The zero-order chi connectivity index (χ0) is 15.9. The molecule has 2 aromatic rings. The highest BCUT2D eigenvalue weighted by Crippen LogP contribution is 2.18. The smallest absolute Gasteiger partial charge is 0.277 e. The van der Waals surface area contributed by atoms with Crippen molar-refractivity contribution >= 4 is 12.1 Å². The van der Waals surface area contributed by atoms with Gasteiger partial charge < -0.3 is 4.74 Å². The lowest BCUT2D eigenvalue weighted by Gasteiger charge is -2.08. The second-order valence-electron chi connectivity index (χ2n) is 5.21. The maximum atomic E-state index is 11.7. The van der Waals surface area contributed by atoms with Gasteiger partial charge in [0.2, 0.25) is 0 Å². The molecule has 0 aliphatic carbocycles. The van der Waals surface area contributed by atoms with Crippen LogP contribution in [0.2, 0.25) is 0 Å². The number of ether oxygens (including phenoxy) is 1. The van der Waals surface area contributed by atoms with Crippen LogP contribution < -0.4 is 10.2 Å². The van der Waals surface area contributed by atoms with E-state index in [9.17, 15) is 4.79 Å². The molecular weight excluding hydrogens is 276 g/mol. The van der Waals surface area contributed by atoms with E-state index in [-0.39, 0.29) is 12.5 Å². The molecule has 0 saturated carbocycles. The van der Waals surface area contributed by atoms with Crippen LogP contribution in [0, 0.1) is 20.8 Å². The van der Waals surface area contributed by atoms with Gasteiger partial charge in [0.05, 0.1) is 6.21 Å². The zero-order valence-corrected chi connectivity index (χ0v) is 13.1. The molecule has 114 valence electrons. The summed E-state index contributed by atoms with van der Waals surface area (Å²) >= 11 is 0. The lowest BCUT2D eigenvalue weighted by atomic mass is 10.1. The largest absolute Gasteiger partial charge is 0.483 e. The van der Waals surface area contributed by atoms with Crippen molar-refractivity contribution in [1.29, 1.82) is 0 Å². The normalized spacial score (nSPS) is 10.7. The minimum atomic E-state index is -0.287. The van der Waals surface area contributed by atoms with Gasteiger partial charge in [-0.15, -0.1) is 0 Å². The van der Waals surface area contributed by atoms with Gasteiger partial charge in [-0.3, -0.25) is 4.79 Å². The van der Waals surface area contributed by atoms with Crippen molar-refractivity contribution in [3.05, 3.63) is 64.7 Å². The van der Waals surface area contributed by atoms with E-state index in [2.05, 4.69) is 10.5 Å².